The Labute approximate surface area is 91.2 Å². The van der Waals surface area contributed by atoms with Gasteiger partial charge in [0.1, 0.15) is 0 Å². The molecule has 0 saturated heterocycles. The second-order valence-corrected chi connectivity index (χ2v) is 4.78. The normalized spacial score (nSPS) is 31.5. The number of hydrogen-bond acceptors (Lipinski definition) is 3. The van der Waals surface area contributed by atoms with Crippen LogP contribution in [0, 0.1) is 23.2 Å². The summed E-state index contributed by atoms with van der Waals surface area (Å²) in [5.74, 6) is 1.32. The maximum absolute atomic E-state index is 10.3. The molecule has 3 heteroatoms. The quantitative estimate of drug-likeness (QED) is 0.396. The van der Waals surface area contributed by atoms with Crippen LogP contribution in [-0.2, 0) is 4.79 Å². The Morgan fingerprint density at radius 2 is 2.13 bits per heavy atom. The van der Waals surface area contributed by atoms with E-state index < -0.39 is 5.54 Å². The second kappa shape index (κ2) is 5.09. The Bertz CT molecular complexity index is 299. The molecule has 0 aliphatic heterocycles. The van der Waals surface area contributed by atoms with Gasteiger partial charge in [0.05, 0.1) is 6.07 Å². The van der Waals surface area contributed by atoms with Crippen molar-refractivity contribution in [2.45, 2.75) is 51.5 Å². The number of carbonyl (C=O) groups excluding carboxylic acids is 1. The molecule has 0 aromatic rings. The predicted molar refractivity (Wildman–Crippen MR) is 57.9 cm³/mol. The predicted octanol–water partition coefficient (Wildman–Crippen LogP) is 2.82. The Kier molecular flexibility index (Phi) is 4.05. The number of rotatable bonds is 2. The SMILES string of the molecule is CC(C)C1CCCC(C#N)(N=C=O)CC1. The Hall–Kier alpha value is -1.13. The first kappa shape index (κ1) is 11.9. The van der Waals surface area contributed by atoms with E-state index in [1.165, 1.54) is 0 Å². The highest BCUT2D eigenvalue weighted by Crippen LogP contribution is 2.35. The Morgan fingerprint density at radius 1 is 1.40 bits per heavy atom. The van der Waals surface area contributed by atoms with Gasteiger partial charge in [-0.05, 0) is 37.5 Å². The summed E-state index contributed by atoms with van der Waals surface area (Å²) in [5, 5.41) is 9.10. The molecule has 1 aliphatic rings. The maximum Gasteiger partial charge on any atom is 0.236 e. The van der Waals surface area contributed by atoms with Crippen LogP contribution in [0.15, 0.2) is 4.99 Å². The Morgan fingerprint density at radius 3 is 2.67 bits per heavy atom. The molecule has 0 spiro atoms. The van der Waals surface area contributed by atoms with Gasteiger partial charge >= 0.3 is 0 Å². The monoisotopic (exact) mass is 206 g/mol. The zero-order valence-corrected chi connectivity index (χ0v) is 9.49. The first-order valence-corrected chi connectivity index (χ1v) is 5.64. The van der Waals surface area contributed by atoms with Gasteiger partial charge in [0.15, 0.2) is 5.54 Å². The first-order chi connectivity index (χ1) is 7.13. The van der Waals surface area contributed by atoms with Gasteiger partial charge in [0.2, 0.25) is 6.08 Å². The molecule has 1 fully saturated rings. The minimum atomic E-state index is -0.772. The maximum atomic E-state index is 10.3. The molecule has 2 unspecified atom stereocenters. The molecular formula is C12H18N2O. The van der Waals surface area contributed by atoms with E-state index in [0.717, 1.165) is 19.3 Å². The zero-order chi connectivity index (χ0) is 11.3. The van der Waals surface area contributed by atoms with E-state index in [0.29, 0.717) is 24.7 Å². The van der Waals surface area contributed by atoms with E-state index in [1.807, 2.05) is 0 Å². The van der Waals surface area contributed by atoms with Crippen LogP contribution in [0.2, 0.25) is 0 Å². The van der Waals surface area contributed by atoms with Gasteiger partial charge in [-0.25, -0.2) is 4.79 Å². The van der Waals surface area contributed by atoms with E-state index in [1.54, 1.807) is 6.08 Å². The van der Waals surface area contributed by atoms with Crippen molar-refractivity contribution in [2.75, 3.05) is 0 Å². The van der Waals surface area contributed by atoms with E-state index in [4.69, 9.17) is 5.26 Å². The summed E-state index contributed by atoms with van der Waals surface area (Å²) >= 11 is 0. The lowest BCUT2D eigenvalue weighted by Crippen LogP contribution is -2.23. The average molecular weight is 206 g/mol. The van der Waals surface area contributed by atoms with Crippen LogP contribution >= 0.6 is 0 Å². The minimum absolute atomic E-state index is 0.653. The number of nitrogens with zero attached hydrogens (tertiary/aromatic N) is 2. The summed E-state index contributed by atoms with van der Waals surface area (Å²) in [6, 6.07) is 2.19. The summed E-state index contributed by atoms with van der Waals surface area (Å²) < 4.78 is 0. The zero-order valence-electron chi connectivity index (χ0n) is 9.49. The highest BCUT2D eigenvalue weighted by molar-refractivity contribution is 5.37. The van der Waals surface area contributed by atoms with E-state index >= 15 is 0 Å². The van der Waals surface area contributed by atoms with E-state index in [9.17, 15) is 4.79 Å². The number of nitriles is 1. The van der Waals surface area contributed by atoms with Crippen LogP contribution in [0.5, 0.6) is 0 Å². The first-order valence-electron chi connectivity index (χ1n) is 5.64. The van der Waals surface area contributed by atoms with Crippen LogP contribution in [0.1, 0.15) is 46.0 Å². The van der Waals surface area contributed by atoms with Crippen LogP contribution in [0.25, 0.3) is 0 Å². The van der Waals surface area contributed by atoms with E-state index in [-0.39, 0.29) is 0 Å². The van der Waals surface area contributed by atoms with Gasteiger partial charge in [-0.3, -0.25) is 0 Å². The molecule has 1 saturated carbocycles. The van der Waals surface area contributed by atoms with Crippen LogP contribution in [0.3, 0.4) is 0 Å². The lowest BCUT2D eigenvalue weighted by Gasteiger charge is -2.19. The summed E-state index contributed by atoms with van der Waals surface area (Å²) in [5.41, 5.74) is -0.772. The molecule has 1 rings (SSSR count). The number of aliphatic imine (C=N–C) groups is 1. The van der Waals surface area contributed by atoms with Gasteiger partial charge in [-0.2, -0.15) is 10.3 Å². The van der Waals surface area contributed by atoms with Crippen LogP contribution in [0.4, 0.5) is 0 Å². The van der Waals surface area contributed by atoms with Crippen molar-refractivity contribution in [3.8, 4) is 6.07 Å². The summed E-state index contributed by atoms with van der Waals surface area (Å²) in [6.07, 6.45) is 6.11. The highest BCUT2D eigenvalue weighted by Gasteiger charge is 2.33. The summed E-state index contributed by atoms with van der Waals surface area (Å²) in [6.45, 7) is 4.43. The van der Waals surface area contributed by atoms with Gasteiger partial charge < -0.3 is 0 Å². The van der Waals surface area contributed by atoms with Gasteiger partial charge in [0.25, 0.3) is 0 Å². The average Bonchev–Trinajstić information content (AvgIpc) is 2.42. The third kappa shape index (κ3) is 2.91. The molecule has 3 nitrogen and oxygen atoms in total. The van der Waals surface area contributed by atoms with Crippen molar-refractivity contribution in [1.82, 2.24) is 0 Å². The Balaban J connectivity index is 2.74. The molecule has 0 radical (unpaired) electrons. The van der Waals surface area contributed by atoms with E-state index in [2.05, 4.69) is 24.9 Å². The fraction of sp³-hybridized carbons (Fsp3) is 0.833. The molecule has 15 heavy (non-hydrogen) atoms. The van der Waals surface area contributed by atoms with Crippen molar-refractivity contribution >= 4 is 6.08 Å². The lowest BCUT2D eigenvalue weighted by molar-refractivity contribution is 0.337. The third-order valence-corrected chi connectivity index (χ3v) is 3.50. The molecule has 0 bridgehead atoms. The van der Waals surface area contributed by atoms with Crippen LogP contribution < -0.4 is 0 Å². The molecule has 2 atom stereocenters. The second-order valence-electron chi connectivity index (χ2n) is 4.78. The smallest absolute Gasteiger partial charge is 0.211 e. The largest absolute Gasteiger partial charge is 0.236 e. The van der Waals surface area contributed by atoms with Crippen molar-refractivity contribution in [2.24, 2.45) is 16.8 Å². The van der Waals surface area contributed by atoms with Crippen molar-refractivity contribution in [3.05, 3.63) is 0 Å². The van der Waals surface area contributed by atoms with Gasteiger partial charge in [-0.1, -0.05) is 20.3 Å². The molecule has 1 aliphatic carbocycles. The fourth-order valence-corrected chi connectivity index (χ4v) is 2.35. The lowest BCUT2D eigenvalue weighted by atomic mass is 9.87. The van der Waals surface area contributed by atoms with Gasteiger partial charge in [-0.15, -0.1) is 0 Å². The van der Waals surface area contributed by atoms with Crippen LogP contribution in [-0.4, -0.2) is 11.6 Å². The standard InChI is InChI=1S/C12H18N2O/c1-10(2)11-4-3-6-12(8-13,7-5-11)14-9-15/h10-11H,3-7H2,1-2H3. The molecule has 0 aromatic carbocycles. The molecule has 0 heterocycles. The molecule has 82 valence electrons. The molecule has 0 N–H and O–H groups in total. The highest BCUT2D eigenvalue weighted by atomic mass is 16.1. The molecule has 0 aromatic heterocycles. The number of hydrogen-bond donors (Lipinski definition) is 0. The summed E-state index contributed by atoms with van der Waals surface area (Å²) in [7, 11) is 0. The third-order valence-electron chi connectivity index (χ3n) is 3.50. The molecule has 0 amide bonds. The topological polar surface area (TPSA) is 53.2 Å². The number of isocyanates is 1. The van der Waals surface area contributed by atoms with Gasteiger partial charge in [0, 0.05) is 0 Å². The van der Waals surface area contributed by atoms with Crippen molar-refractivity contribution in [3.63, 3.8) is 0 Å². The fourth-order valence-electron chi connectivity index (χ4n) is 2.35. The van der Waals surface area contributed by atoms with Crippen molar-refractivity contribution < 1.29 is 4.79 Å². The molecular weight excluding hydrogens is 188 g/mol. The summed E-state index contributed by atoms with van der Waals surface area (Å²) in [4.78, 5) is 14.0. The van der Waals surface area contributed by atoms with Crippen molar-refractivity contribution in [1.29, 1.82) is 5.26 Å². The minimum Gasteiger partial charge on any atom is -0.211 e.